The van der Waals surface area contributed by atoms with E-state index in [1.165, 1.54) is 18.0 Å². The summed E-state index contributed by atoms with van der Waals surface area (Å²) in [6.07, 6.45) is 18.7. The molecule has 0 amide bonds. The lowest BCUT2D eigenvalue weighted by molar-refractivity contribution is 0.0836. The smallest absolute Gasteiger partial charge is 0.267 e. The first kappa shape index (κ1) is 39.7. The van der Waals surface area contributed by atoms with Gasteiger partial charge in [-0.1, -0.05) is 11.6 Å². The number of fused-ring (bicyclic) bond motifs is 1. The maximum Gasteiger partial charge on any atom is 0.267 e. The molecule has 0 unspecified atom stereocenters. The second kappa shape index (κ2) is 15.8. The molecule has 4 heterocycles. The number of ether oxygens (including phenoxy) is 3. The van der Waals surface area contributed by atoms with Crippen molar-refractivity contribution in [3.8, 4) is 28.7 Å². The van der Waals surface area contributed by atoms with Crippen LogP contribution in [0.5, 0.6) is 5.88 Å². The zero-order valence-electron chi connectivity index (χ0n) is 29.7. The summed E-state index contributed by atoms with van der Waals surface area (Å²) < 4.78 is 96.4. The minimum atomic E-state index is -4.62. The standard InChI is InChI=1S/C33H41ClF3N7O5S3/c1-47-33-26(14-21(34)17-40-33)52(45,46)42-25-16-22(35)15-23(27(25)36)29-28(37)31-24(18-39-29)30(41-44(31)20-49-11-13-51(5,6)7)32-38-8-9-43(32)19-48-10-12-50(2,3)4/h8-9,14-18,42H,10-13,19-20H2,1-7H3. The molecular formula is C33H41ClF3N7O5S3. The van der Waals surface area contributed by atoms with Gasteiger partial charge < -0.3 is 18.8 Å². The van der Waals surface area contributed by atoms with Crippen molar-refractivity contribution in [1.82, 2.24) is 29.3 Å². The first-order chi connectivity index (χ1) is 24.4. The van der Waals surface area contributed by atoms with Crippen LogP contribution in [-0.4, -0.2) is 107 Å². The van der Waals surface area contributed by atoms with Crippen LogP contribution in [0.15, 0.2) is 47.9 Å². The number of benzene rings is 1. The Morgan fingerprint density at radius 3 is 2.17 bits per heavy atom. The fourth-order valence-corrected chi connectivity index (χ4v) is 7.58. The number of nitrogens with one attached hydrogen (secondary N) is 1. The first-order valence-electron chi connectivity index (χ1n) is 15.6. The van der Waals surface area contributed by atoms with Crippen molar-refractivity contribution >= 4 is 58.3 Å². The summed E-state index contributed by atoms with van der Waals surface area (Å²) in [5, 5.41) is 4.84. The van der Waals surface area contributed by atoms with Crippen molar-refractivity contribution in [3.05, 3.63) is 65.5 Å². The zero-order valence-corrected chi connectivity index (χ0v) is 33.0. The topological polar surface area (TPSA) is 135 Å². The van der Waals surface area contributed by atoms with Crippen molar-refractivity contribution in [2.24, 2.45) is 0 Å². The lowest BCUT2D eigenvalue weighted by atomic mass is 10.1. The Kier molecular flexibility index (Phi) is 12.1. The Labute approximate surface area is 308 Å². The molecule has 0 aliphatic heterocycles. The number of aromatic nitrogens is 6. The predicted molar refractivity (Wildman–Crippen MR) is 203 cm³/mol. The molecule has 0 fully saturated rings. The van der Waals surface area contributed by atoms with E-state index in [2.05, 4.69) is 57.6 Å². The zero-order chi connectivity index (χ0) is 38.0. The first-order valence-corrected chi connectivity index (χ1v) is 23.6. The third-order valence-electron chi connectivity index (χ3n) is 7.58. The van der Waals surface area contributed by atoms with E-state index in [0.29, 0.717) is 25.1 Å². The average Bonchev–Trinajstić information content (AvgIpc) is 3.67. The molecule has 0 bridgehead atoms. The van der Waals surface area contributed by atoms with Gasteiger partial charge in [-0.15, -0.1) is 0 Å². The van der Waals surface area contributed by atoms with Gasteiger partial charge in [-0.05, 0) is 49.7 Å². The molecule has 5 aromatic rings. The van der Waals surface area contributed by atoms with Gasteiger partial charge in [0, 0.05) is 47.9 Å². The van der Waals surface area contributed by atoms with Crippen LogP contribution < -0.4 is 9.46 Å². The summed E-state index contributed by atoms with van der Waals surface area (Å²) in [7, 11) is -5.09. The molecule has 0 aliphatic rings. The number of anilines is 1. The maximum absolute atomic E-state index is 16.7. The normalized spacial score (nSPS) is 13.1. The Balaban J connectivity index is 1.57. The van der Waals surface area contributed by atoms with Crippen molar-refractivity contribution < 1.29 is 35.8 Å². The highest BCUT2D eigenvalue weighted by Crippen LogP contribution is 2.38. The molecule has 4 aromatic heterocycles. The number of hydrogen-bond acceptors (Lipinski definition) is 9. The number of rotatable bonds is 16. The summed E-state index contributed by atoms with van der Waals surface area (Å²) in [6.45, 7) is 0.921. The summed E-state index contributed by atoms with van der Waals surface area (Å²) in [6, 6.07) is 2.38. The highest BCUT2D eigenvalue weighted by atomic mass is 35.5. The number of nitrogens with zero attached hydrogens (tertiary/aromatic N) is 6. The van der Waals surface area contributed by atoms with Gasteiger partial charge in [-0.3, -0.25) is 9.71 Å². The van der Waals surface area contributed by atoms with E-state index in [0.717, 1.165) is 29.8 Å². The number of methoxy groups -OCH3 is 1. The summed E-state index contributed by atoms with van der Waals surface area (Å²) in [4.78, 5) is 11.9. The predicted octanol–water partition coefficient (Wildman–Crippen LogP) is 6.57. The third-order valence-corrected chi connectivity index (χ3v) is 11.9. The van der Waals surface area contributed by atoms with E-state index < -0.39 is 69.4 Å². The van der Waals surface area contributed by atoms with Crippen molar-refractivity contribution in [3.63, 3.8) is 0 Å². The van der Waals surface area contributed by atoms with Crippen LogP contribution in [0, 0.1) is 17.5 Å². The highest BCUT2D eigenvalue weighted by Gasteiger charge is 2.28. The summed E-state index contributed by atoms with van der Waals surface area (Å²) in [5.41, 5.74) is -1.87. The molecule has 0 spiro atoms. The van der Waals surface area contributed by atoms with Gasteiger partial charge in [-0.25, -0.2) is 56.3 Å². The van der Waals surface area contributed by atoms with E-state index in [9.17, 15) is 8.42 Å². The van der Waals surface area contributed by atoms with Crippen LogP contribution in [0.25, 0.3) is 33.7 Å². The molecule has 1 aromatic carbocycles. The van der Waals surface area contributed by atoms with E-state index in [1.54, 1.807) is 17.0 Å². The Morgan fingerprint density at radius 2 is 1.52 bits per heavy atom. The van der Waals surface area contributed by atoms with Gasteiger partial charge in [0.05, 0.1) is 36.4 Å². The molecule has 1 N–H and O–H groups in total. The number of sulfonamides is 1. The van der Waals surface area contributed by atoms with Crippen molar-refractivity contribution in [2.75, 3.05) is 74.1 Å². The van der Waals surface area contributed by atoms with Crippen LogP contribution in [0.2, 0.25) is 5.02 Å². The summed E-state index contributed by atoms with van der Waals surface area (Å²) >= 11 is 5.95. The molecule has 5 rings (SSSR count). The Morgan fingerprint density at radius 1 is 0.846 bits per heavy atom. The van der Waals surface area contributed by atoms with E-state index >= 15 is 13.2 Å². The number of halogens is 4. The van der Waals surface area contributed by atoms with Gasteiger partial charge in [0.15, 0.2) is 22.4 Å². The molecule has 52 heavy (non-hydrogen) atoms. The van der Waals surface area contributed by atoms with Crippen LogP contribution in [0.1, 0.15) is 0 Å². The van der Waals surface area contributed by atoms with Crippen LogP contribution in [0.4, 0.5) is 18.9 Å². The molecule has 0 saturated heterocycles. The quantitative estimate of drug-likeness (QED) is 0.110. The van der Waals surface area contributed by atoms with E-state index in [4.69, 9.17) is 25.8 Å². The lowest BCUT2D eigenvalue weighted by Crippen LogP contribution is -2.16. The van der Waals surface area contributed by atoms with Gasteiger partial charge >= 0.3 is 0 Å². The van der Waals surface area contributed by atoms with Gasteiger partial charge in [-0.2, -0.15) is 5.10 Å². The number of imidazole rings is 1. The van der Waals surface area contributed by atoms with E-state index in [1.807, 2.05) is 4.72 Å². The highest BCUT2D eigenvalue weighted by molar-refractivity contribution is 8.32. The lowest BCUT2D eigenvalue weighted by Gasteiger charge is -2.24. The third kappa shape index (κ3) is 9.32. The van der Waals surface area contributed by atoms with Crippen LogP contribution >= 0.6 is 31.7 Å². The molecule has 0 radical (unpaired) electrons. The largest absolute Gasteiger partial charge is 0.480 e. The molecular weight excluding hydrogens is 763 g/mol. The van der Waals surface area contributed by atoms with Gasteiger partial charge in [0.2, 0.25) is 5.88 Å². The van der Waals surface area contributed by atoms with E-state index in [-0.39, 0.29) is 41.0 Å². The molecule has 0 aliphatic carbocycles. The SMILES string of the molecule is COc1ncc(Cl)cc1S(=O)(=O)Nc1cc(F)cc(-c2ncc3c(-c4nccn4COCCS(C)(C)C)nn(COCCS(C)(C)C)c3c2F)c1F. The Bertz CT molecular complexity index is 2190. The fraction of sp³-hybridized carbons (Fsp3) is 0.394. The van der Waals surface area contributed by atoms with Crippen LogP contribution in [0.3, 0.4) is 0 Å². The molecule has 284 valence electrons. The monoisotopic (exact) mass is 803 g/mol. The van der Waals surface area contributed by atoms with Gasteiger partial charge in [0.25, 0.3) is 10.0 Å². The molecule has 19 heteroatoms. The van der Waals surface area contributed by atoms with Crippen molar-refractivity contribution in [2.45, 2.75) is 18.4 Å². The number of hydrogen-bond donors (Lipinski definition) is 1. The minimum absolute atomic E-state index is 0.0443. The second-order valence-corrected chi connectivity index (χ2v) is 24.8. The number of pyridine rings is 2. The fourth-order valence-electron chi connectivity index (χ4n) is 4.93. The van der Waals surface area contributed by atoms with Crippen molar-refractivity contribution in [1.29, 1.82) is 0 Å². The maximum atomic E-state index is 16.7. The summed E-state index contributed by atoms with van der Waals surface area (Å²) in [5.74, 6) is -1.65. The van der Waals surface area contributed by atoms with Crippen LogP contribution in [-0.2, 0) is 33.0 Å². The molecule has 0 atom stereocenters. The molecule has 12 nitrogen and oxygen atoms in total. The molecule has 0 saturated carbocycles. The average molecular weight is 804 g/mol. The minimum Gasteiger partial charge on any atom is -0.480 e. The Hall–Kier alpha value is -3.55. The van der Waals surface area contributed by atoms with Gasteiger partial charge in [0.1, 0.15) is 36.2 Å². The second-order valence-electron chi connectivity index (χ2n) is 13.5.